The van der Waals surface area contributed by atoms with Crippen molar-refractivity contribution in [1.82, 2.24) is 4.90 Å². The number of nitrogens with zero attached hydrogens (tertiary/aromatic N) is 2. The van der Waals surface area contributed by atoms with Gasteiger partial charge < -0.3 is 9.64 Å². The van der Waals surface area contributed by atoms with Gasteiger partial charge in [-0.25, -0.2) is 0 Å². The number of ether oxygens (including phenoxy) is 1. The van der Waals surface area contributed by atoms with E-state index in [4.69, 9.17) is 10.00 Å². The van der Waals surface area contributed by atoms with E-state index in [2.05, 4.69) is 11.0 Å². The molecule has 0 unspecified atom stereocenters. The van der Waals surface area contributed by atoms with Crippen molar-refractivity contribution < 1.29 is 4.74 Å². The second kappa shape index (κ2) is 5.38. The van der Waals surface area contributed by atoms with Crippen LogP contribution in [0.4, 0.5) is 0 Å². The smallest absolute Gasteiger partial charge is 0.123 e. The van der Waals surface area contributed by atoms with Gasteiger partial charge in [0.2, 0.25) is 0 Å². The molecule has 1 aromatic carbocycles. The Morgan fingerprint density at radius 1 is 1.40 bits per heavy atom. The average molecular weight is 204 g/mol. The standard InChI is InChI=1S/C12H16N2O/c1-14(2)9-11-8-10(6-7-13)4-5-12(11)15-3/h4-5,8H,6,9H2,1-3H3. The van der Waals surface area contributed by atoms with Crippen LogP contribution in [0.1, 0.15) is 11.1 Å². The maximum absolute atomic E-state index is 8.63. The maximum atomic E-state index is 8.63. The van der Waals surface area contributed by atoms with E-state index in [0.717, 1.165) is 23.4 Å². The van der Waals surface area contributed by atoms with Gasteiger partial charge in [-0.3, -0.25) is 0 Å². The lowest BCUT2D eigenvalue weighted by atomic mass is 10.1. The monoisotopic (exact) mass is 204 g/mol. The molecule has 80 valence electrons. The van der Waals surface area contributed by atoms with Crippen LogP contribution >= 0.6 is 0 Å². The summed E-state index contributed by atoms with van der Waals surface area (Å²) in [4.78, 5) is 2.08. The fraction of sp³-hybridized carbons (Fsp3) is 0.417. The lowest BCUT2D eigenvalue weighted by Gasteiger charge is -2.14. The van der Waals surface area contributed by atoms with Crippen LogP contribution in [0.5, 0.6) is 5.75 Å². The third-order valence-electron chi connectivity index (χ3n) is 2.11. The summed E-state index contributed by atoms with van der Waals surface area (Å²) in [5.74, 6) is 0.880. The molecule has 0 heterocycles. The quantitative estimate of drug-likeness (QED) is 0.750. The number of methoxy groups -OCH3 is 1. The summed E-state index contributed by atoms with van der Waals surface area (Å²) >= 11 is 0. The number of rotatable bonds is 4. The molecular weight excluding hydrogens is 188 g/mol. The van der Waals surface area contributed by atoms with E-state index in [-0.39, 0.29) is 0 Å². The Labute approximate surface area is 90.9 Å². The van der Waals surface area contributed by atoms with E-state index >= 15 is 0 Å². The SMILES string of the molecule is COc1ccc(CC#N)cc1CN(C)C. The van der Waals surface area contributed by atoms with E-state index in [9.17, 15) is 0 Å². The third-order valence-corrected chi connectivity index (χ3v) is 2.11. The van der Waals surface area contributed by atoms with Crippen molar-refractivity contribution in [3.05, 3.63) is 29.3 Å². The predicted octanol–water partition coefficient (Wildman–Crippen LogP) is 1.82. The van der Waals surface area contributed by atoms with Crippen LogP contribution in [0.25, 0.3) is 0 Å². The van der Waals surface area contributed by atoms with Gasteiger partial charge in [-0.05, 0) is 31.8 Å². The molecule has 0 N–H and O–H groups in total. The minimum Gasteiger partial charge on any atom is -0.496 e. The van der Waals surface area contributed by atoms with Gasteiger partial charge >= 0.3 is 0 Å². The van der Waals surface area contributed by atoms with Crippen molar-refractivity contribution in [1.29, 1.82) is 5.26 Å². The van der Waals surface area contributed by atoms with Gasteiger partial charge in [0.1, 0.15) is 5.75 Å². The molecule has 3 heteroatoms. The Kier molecular flexibility index (Phi) is 4.14. The van der Waals surface area contributed by atoms with Crippen molar-refractivity contribution in [2.24, 2.45) is 0 Å². The lowest BCUT2D eigenvalue weighted by molar-refractivity contribution is 0.371. The number of hydrogen-bond acceptors (Lipinski definition) is 3. The summed E-state index contributed by atoms with van der Waals surface area (Å²) in [6.45, 7) is 0.822. The normalized spacial score (nSPS) is 10.1. The predicted molar refractivity (Wildman–Crippen MR) is 59.7 cm³/mol. The molecule has 0 radical (unpaired) electrons. The maximum Gasteiger partial charge on any atom is 0.123 e. The van der Waals surface area contributed by atoms with Crippen LogP contribution in [0, 0.1) is 11.3 Å². The molecule has 0 saturated heterocycles. The Bertz CT molecular complexity index is 366. The molecule has 0 aliphatic heterocycles. The fourth-order valence-electron chi connectivity index (χ4n) is 1.50. The molecule has 0 amide bonds. The lowest BCUT2D eigenvalue weighted by Crippen LogP contribution is -2.11. The number of benzene rings is 1. The highest BCUT2D eigenvalue weighted by atomic mass is 16.5. The van der Waals surface area contributed by atoms with Gasteiger partial charge in [-0.2, -0.15) is 5.26 Å². The topological polar surface area (TPSA) is 36.3 Å². The van der Waals surface area contributed by atoms with Gasteiger partial charge in [-0.15, -0.1) is 0 Å². The summed E-state index contributed by atoms with van der Waals surface area (Å²) < 4.78 is 5.27. The minimum absolute atomic E-state index is 0.449. The van der Waals surface area contributed by atoms with Gasteiger partial charge in [0.05, 0.1) is 19.6 Å². The first-order chi connectivity index (χ1) is 7.17. The molecule has 1 rings (SSSR count). The Morgan fingerprint density at radius 3 is 2.67 bits per heavy atom. The van der Waals surface area contributed by atoms with E-state index in [1.54, 1.807) is 7.11 Å². The van der Waals surface area contributed by atoms with E-state index in [0.29, 0.717) is 6.42 Å². The van der Waals surface area contributed by atoms with Crippen molar-refractivity contribution in [2.75, 3.05) is 21.2 Å². The molecule has 0 atom stereocenters. The highest BCUT2D eigenvalue weighted by Crippen LogP contribution is 2.21. The zero-order chi connectivity index (χ0) is 11.3. The summed E-state index contributed by atoms with van der Waals surface area (Å²) in [7, 11) is 5.69. The summed E-state index contributed by atoms with van der Waals surface area (Å²) in [6, 6.07) is 8.03. The molecule has 3 nitrogen and oxygen atoms in total. The van der Waals surface area contributed by atoms with Gasteiger partial charge in [0.15, 0.2) is 0 Å². The molecular formula is C12H16N2O. The van der Waals surface area contributed by atoms with Crippen LogP contribution < -0.4 is 4.74 Å². The summed E-state index contributed by atoms with van der Waals surface area (Å²) in [5.41, 5.74) is 2.16. The first-order valence-corrected chi connectivity index (χ1v) is 4.85. The van der Waals surface area contributed by atoms with Crippen molar-refractivity contribution in [3.63, 3.8) is 0 Å². The number of hydrogen-bond donors (Lipinski definition) is 0. The first-order valence-electron chi connectivity index (χ1n) is 4.85. The molecule has 0 bridgehead atoms. The highest BCUT2D eigenvalue weighted by Gasteiger charge is 2.05. The zero-order valence-electron chi connectivity index (χ0n) is 9.45. The highest BCUT2D eigenvalue weighted by molar-refractivity contribution is 5.38. The molecule has 1 aromatic rings. The molecule has 0 aromatic heterocycles. The van der Waals surface area contributed by atoms with Crippen molar-refractivity contribution in [3.8, 4) is 11.8 Å². The average Bonchev–Trinajstić information content (AvgIpc) is 2.18. The molecule has 0 aliphatic rings. The molecule has 0 spiro atoms. The minimum atomic E-state index is 0.449. The summed E-state index contributed by atoms with van der Waals surface area (Å²) in [6.07, 6.45) is 0.449. The van der Waals surface area contributed by atoms with Gasteiger partial charge in [0.25, 0.3) is 0 Å². The number of nitriles is 1. The van der Waals surface area contributed by atoms with Crippen molar-refractivity contribution in [2.45, 2.75) is 13.0 Å². The van der Waals surface area contributed by atoms with Crippen LogP contribution in [0.3, 0.4) is 0 Å². The largest absolute Gasteiger partial charge is 0.496 e. The van der Waals surface area contributed by atoms with Gasteiger partial charge in [0, 0.05) is 12.1 Å². The molecule has 0 saturated carbocycles. The van der Waals surface area contributed by atoms with Crippen molar-refractivity contribution >= 4 is 0 Å². The van der Waals surface area contributed by atoms with Crippen LogP contribution in [-0.2, 0) is 13.0 Å². The third kappa shape index (κ3) is 3.26. The molecule has 15 heavy (non-hydrogen) atoms. The summed E-state index contributed by atoms with van der Waals surface area (Å²) in [5, 5.41) is 8.63. The second-order valence-electron chi connectivity index (χ2n) is 3.72. The molecule has 0 aliphatic carbocycles. The van der Waals surface area contributed by atoms with Crippen LogP contribution in [-0.4, -0.2) is 26.1 Å². The second-order valence-corrected chi connectivity index (χ2v) is 3.72. The Balaban J connectivity index is 2.97. The van der Waals surface area contributed by atoms with Crippen LogP contribution in [0.15, 0.2) is 18.2 Å². The van der Waals surface area contributed by atoms with Gasteiger partial charge in [-0.1, -0.05) is 6.07 Å². The Hall–Kier alpha value is -1.53. The van der Waals surface area contributed by atoms with E-state index in [1.165, 1.54) is 0 Å². The zero-order valence-corrected chi connectivity index (χ0v) is 9.45. The molecule has 0 fully saturated rings. The van der Waals surface area contributed by atoms with Crippen LogP contribution in [0.2, 0.25) is 0 Å². The Morgan fingerprint density at radius 2 is 2.13 bits per heavy atom. The van der Waals surface area contributed by atoms with E-state index < -0.39 is 0 Å². The van der Waals surface area contributed by atoms with E-state index in [1.807, 2.05) is 32.3 Å². The first kappa shape index (κ1) is 11.5. The fourth-order valence-corrected chi connectivity index (χ4v) is 1.50.